The van der Waals surface area contributed by atoms with E-state index in [4.69, 9.17) is 5.11 Å². The molecule has 1 heterocycles. The summed E-state index contributed by atoms with van der Waals surface area (Å²) in [7, 11) is -3.90. The van der Waals surface area contributed by atoms with Gasteiger partial charge in [0.1, 0.15) is 0 Å². The Kier molecular flexibility index (Phi) is 5.38. The molecule has 0 unspecified atom stereocenters. The van der Waals surface area contributed by atoms with Gasteiger partial charge in [-0.05, 0) is 24.5 Å². The molecule has 8 heteroatoms. The number of rotatable bonds is 4. The van der Waals surface area contributed by atoms with Crippen LogP contribution in [0.3, 0.4) is 0 Å². The van der Waals surface area contributed by atoms with Crippen LogP contribution in [-0.4, -0.2) is 43.5 Å². The number of amides is 2. The van der Waals surface area contributed by atoms with Gasteiger partial charge in [0.15, 0.2) is 0 Å². The maximum atomic E-state index is 12.0. The zero-order valence-corrected chi connectivity index (χ0v) is 13.2. The average molecular weight is 338 g/mol. The van der Waals surface area contributed by atoms with Gasteiger partial charge in [-0.2, -0.15) is 0 Å². The number of piperidine rings is 1. The number of aliphatic carboxylic acids is 1. The molecule has 0 atom stereocenters. The summed E-state index contributed by atoms with van der Waals surface area (Å²) < 4.78 is 25.7. The van der Waals surface area contributed by atoms with Gasteiger partial charge in [0.25, 0.3) is 10.0 Å². The Morgan fingerprint density at radius 1 is 1.17 bits per heavy atom. The molecule has 0 aliphatic carbocycles. The fourth-order valence-electron chi connectivity index (χ4n) is 2.28. The number of benzene rings is 1. The average Bonchev–Trinajstić information content (AvgIpc) is 2.54. The highest BCUT2D eigenvalue weighted by Crippen LogP contribution is 2.17. The second-order valence-electron chi connectivity index (χ2n) is 5.27. The first-order valence-corrected chi connectivity index (χ1v) is 8.70. The van der Waals surface area contributed by atoms with Gasteiger partial charge in [0.2, 0.25) is 0 Å². The van der Waals surface area contributed by atoms with Crippen LogP contribution in [0.4, 0.5) is 4.79 Å². The molecule has 0 saturated carbocycles. The first-order chi connectivity index (χ1) is 10.9. The van der Waals surface area contributed by atoms with E-state index < -0.39 is 27.9 Å². The number of likely N-dealkylation sites (tertiary alicyclic amines) is 1. The molecule has 0 spiro atoms. The zero-order chi connectivity index (χ0) is 16.9. The van der Waals surface area contributed by atoms with E-state index in [2.05, 4.69) is 0 Å². The first kappa shape index (κ1) is 17.0. The molecule has 2 rings (SSSR count). The minimum Gasteiger partial charge on any atom is -0.481 e. The molecule has 0 radical (unpaired) electrons. The molecular formula is C15H18N2O5S. The van der Waals surface area contributed by atoms with Gasteiger partial charge in [0.05, 0.1) is 11.3 Å². The molecule has 1 aliphatic heterocycles. The van der Waals surface area contributed by atoms with Gasteiger partial charge in [0, 0.05) is 13.1 Å². The Labute approximate surface area is 134 Å². The van der Waals surface area contributed by atoms with E-state index in [-0.39, 0.29) is 13.1 Å². The van der Waals surface area contributed by atoms with Crippen molar-refractivity contribution < 1.29 is 23.1 Å². The molecule has 1 aromatic rings. The summed E-state index contributed by atoms with van der Waals surface area (Å²) >= 11 is 0. The van der Waals surface area contributed by atoms with E-state index in [1.165, 1.54) is 11.0 Å². The summed E-state index contributed by atoms with van der Waals surface area (Å²) in [5.41, 5.74) is 0.701. The number of sulfonamides is 1. The van der Waals surface area contributed by atoms with Crippen molar-refractivity contribution in [2.75, 3.05) is 13.1 Å². The predicted molar refractivity (Wildman–Crippen MR) is 84.9 cm³/mol. The molecule has 7 nitrogen and oxygen atoms in total. The van der Waals surface area contributed by atoms with Crippen molar-refractivity contribution in [3.05, 3.63) is 41.3 Å². The van der Waals surface area contributed by atoms with Crippen molar-refractivity contribution in [1.29, 1.82) is 0 Å². The molecule has 124 valence electrons. The SMILES string of the molecule is O=C(O)C1CCN(C(=O)NS(=O)(=O)C=Cc2ccccc2)CC1. The van der Waals surface area contributed by atoms with Gasteiger partial charge in [-0.3, -0.25) is 4.79 Å². The number of carboxylic acids is 1. The van der Waals surface area contributed by atoms with Crippen LogP contribution in [0.5, 0.6) is 0 Å². The van der Waals surface area contributed by atoms with Gasteiger partial charge < -0.3 is 10.0 Å². The smallest absolute Gasteiger partial charge is 0.331 e. The van der Waals surface area contributed by atoms with Crippen LogP contribution in [0.15, 0.2) is 35.7 Å². The van der Waals surface area contributed by atoms with Crippen LogP contribution in [0.1, 0.15) is 18.4 Å². The molecule has 0 aromatic heterocycles. The summed E-state index contributed by atoms with van der Waals surface area (Å²) in [5, 5.41) is 9.84. The molecular weight excluding hydrogens is 320 g/mol. The summed E-state index contributed by atoms with van der Waals surface area (Å²) in [6.07, 6.45) is 2.04. The second-order valence-corrected chi connectivity index (χ2v) is 6.83. The van der Waals surface area contributed by atoms with Gasteiger partial charge >= 0.3 is 12.0 Å². The van der Waals surface area contributed by atoms with Crippen LogP contribution in [-0.2, 0) is 14.8 Å². The summed E-state index contributed by atoms with van der Waals surface area (Å²) in [4.78, 5) is 24.1. The standard InChI is InChI=1S/C15H18N2O5S/c18-14(19)13-6-9-17(10-7-13)15(20)16-23(21,22)11-8-12-4-2-1-3-5-12/h1-5,8,11,13H,6-7,9-10H2,(H,16,20)(H,18,19). The fourth-order valence-corrected chi connectivity index (χ4v) is 3.06. The number of nitrogens with one attached hydrogen (secondary N) is 1. The van der Waals surface area contributed by atoms with E-state index in [0.29, 0.717) is 18.4 Å². The van der Waals surface area contributed by atoms with E-state index in [0.717, 1.165) is 5.41 Å². The van der Waals surface area contributed by atoms with Gasteiger partial charge in [-0.25, -0.2) is 17.9 Å². The van der Waals surface area contributed by atoms with Gasteiger partial charge in [-0.1, -0.05) is 30.3 Å². The van der Waals surface area contributed by atoms with Crippen molar-refractivity contribution in [2.24, 2.45) is 5.92 Å². The highest BCUT2D eigenvalue weighted by molar-refractivity contribution is 7.93. The lowest BCUT2D eigenvalue weighted by Gasteiger charge is -2.29. The highest BCUT2D eigenvalue weighted by Gasteiger charge is 2.28. The van der Waals surface area contributed by atoms with Crippen LogP contribution in [0, 0.1) is 5.92 Å². The summed E-state index contributed by atoms with van der Waals surface area (Å²) in [6.45, 7) is 0.446. The number of urea groups is 1. The normalized spacial score (nSPS) is 16.4. The largest absolute Gasteiger partial charge is 0.481 e. The Hall–Kier alpha value is -2.35. The van der Waals surface area contributed by atoms with E-state index >= 15 is 0 Å². The molecule has 1 aliphatic rings. The predicted octanol–water partition coefficient (Wildman–Crippen LogP) is 1.49. The lowest BCUT2D eigenvalue weighted by atomic mass is 9.97. The van der Waals surface area contributed by atoms with E-state index in [1.54, 1.807) is 24.3 Å². The number of carbonyl (C=O) groups excluding carboxylic acids is 1. The third-order valence-electron chi connectivity index (χ3n) is 3.60. The van der Waals surface area contributed by atoms with Crippen molar-refractivity contribution in [1.82, 2.24) is 9.62 Å². The second kappa shape index (κ2) is 7.28. The Morgan fingerprint density at radius 2 is 1.78 bits per heavy atom. The quantitative estimate of drug-likeness (QED) is 0.866. The summed E-state index contributed by atoms with van der Waals surface area (Å²) in [5.74, 6) is -1.36. The molecule has 1 saturated heterocycles. The van der Waals surface area contributed by atoms with Crippen molar-refractivity contribution in [2.45, 2.75) is 12.8 Å². The molecule has 1 aromatic carbocycles. The van der Waals surface area contributed by atoms with Crippen LogP contribution < -0.4 is 4.72 Å². The van der Waals surface area contributed by atoms with Crippen molar-refractivity contribution >= 4 is 28.1 Å². The van der Waals surface area contributed by atoms with E-state index in [9.17, 15) is 18.0 Å². The van der Waals surface area contributed by atoms with Crippen molar-refractivity contribution in [3.8, 4) is 0 Å². The molecule has 0 bridgehead atoms. The van der Waals surface area contributed by atoms with E-state index in [1.807, 2.05) is 10.8 Å². The molecule has 1 fully saturated rings. The third kappa shape index (κ3) is 5.10. The number of carboxylic acid groups (broad SMARTS) is 1. The minimum absolute atomic E-state index is 0.223. The Balaban J connectivity index is 1.92. The molecule has 2 amide bonds. The molecule has 23 heavy (non-hydrogen) atoms. The third-order valence-corrected chi connectivity index (χ3v) is 4.55. The summed E-state index contributed by atoms with van der Waals surface area (Å²) in [6, 6.07) is 8.12. The number of hydrogen-bond acceptors (Lipinski definition) is 4. The van der Waals surface area contributed by atoms with Crippen LogP contribution in [0.25, 0.3) is 6.08 Å². The lowest BCUT2D eigenvalue weighted by molar-refractivity contribution is -0.143. The number of nitrogens with zero attached hydrogens (tertiary/aromatic N) is 1. The minimum atomic E-state index is -3.90. The maximum Gasteiger partial charge on any atom is 0.331 e. The Bertz CT molecular complexity index is 692. The first-order valence-electron chi connectivity index (χ1n) is 7.15. The van der Waals surface area contributed by atoms with Crippen molar-refractivity contribution in [3.63, 3.8) is 0 Å². The topological polar surface area (TPSA) is 104 Å². The Morgan fingerprint density at radius 3 is 2.35 bits per heavy atom. The lowest BCUT2D eigenvalue weighted by Crippen LogP contribution is -2.46. The van der Waals surface area contributed by atoms with Crippen LogP contribution in [0.2, 0.25) is 0 Å². The number of hydrogen-bond donors (Lipinski definition) is 2. The fraction of sp³-hybridized carbons (Fsp3) is 0.333. The van der Waals surface area contributed by atoms with Gasteiger partial charge in [-0.15, -0.1) is 0 Å². The number of carbonyl (C=O) groups is 2. The zero-order valence-electron chi connectivity index (χ0n) is 12.4. The maximum absolute atomic E-state index is 12.0. The monoisotopic (exact) mass is 338 g/mol. The highest BCUT2D eigenvalue weighted by atomic mass is 32.2. The van der Waals surface area contributed by atoms with Crippen LogP contribution >= 0.6 is 0 Å². The molecule has 2 N–H and O–H groups in total.